The first-order valence-corrected chi connectivity index (χ1v) is 11.2. The molecule has 3 aromatic carbocycles. The zero-order valence-corrected chi connectivity index (χ0v) is 19.9. The molecule has 0 saturated heterocycles. The highest BCUT2D eigenvalue weighted by atomic mass is 127. The van der Waals surface area contributed by atoms with Gasteiger partial charge in [-0.15, -0.1) is 0 Å². The summed E-state index contributed by atoms with van der Waals surface area (Å²) >= 11 is 11.8. The van der Waals surface area contributed by atoms with E-state index in [0.717, 1.165) is 24.9 Å². The van der Waals surface area contributed by atoms with Crippen molar-refractivity contribution in [1.82, 2.24) is 0 Å². The fourth-order valence-electron chi connectivity index (χ4n) is 2.75. The van der Waals surface area contributed by atoms with Crippen LogP contribution in [0.1, 0.15) is 16.7 Å². The highest BCUT2D eigenvalue weighted by Gasteiger charge is 2.25. The molecule has 1 aliphatic heterocycles. The predicted molar refractivity (Wildman–Crippen MR) is 130 cm³/mol. The Hall–Kier alpha value is -2.16. The number of aliphatic imine (C=N–C) groups is 1. The van der Waals surface area contributed by atoms with Gasteiger partial charge in [0.25, 0.3) is 0 Å². The van der Waals surface area contributed by atoms with E-state index in [4.69, 9.17) is 21.1 Å². The van der Waals surface area contributed by atoms with Crippen LogP contribution >= 0.6 is 50.1 Å². The molecule has 7 heteroatoms. The zero-order valence-electron chi connectivity index (χ0n) is 15.4. The Morgan fingerprint density at radius 1 is 1.07 bits per heavy atom. The summed E-state index contributed by atoms with van der Waals surface area (Å²) in [7, 11) is 0. The molecule has 0 fully saturated rings. The van der Waals surface area contributed by atoms with Gasteiger partial charge in [0.05, 0.1) is 10.6 Å². The lowest BCUT2D eigenvalue weighted by Gasteiger charge is -2.06. The van der Waals surface area contributed by atoms with E-state index in [0.29, 0.717) is 17.2 Å². The van der Waals surface area contributed by atoms with Crippen LogP contribution in [-0.2, 0) is 16.1 Å². The van der Waals surface area contributed by atoms with Crippen LogP contribution in [0.5, 0.6) is 5.75 Å². The summed E-state index contributed by atoms with van der Waals surface area (Å²) in [5.74, 6) is 0.448. The Labute approximate surface area is 200 Å². The quantitative estimate of drug-likeness (QED) is 0.189. The van der Waals surface area contributed by atoms with Crippen molar-refractivity contribution in [2.75, 3.05) is 0 Å². The first kappa shape index (κ1) is 21.1. The predicted octanol–water partition coefficient (Wildman–Crippen LogP) is 6.63. The fourth-order valence-corrected chi connectivity index (χ4v) is 3.71. The van der Waals surface area contributed by atoms with Gasteiger partial charge in [-0.2, -0.15) is 0 Å². The Morgan fingerprint density at radius 2 is 1.80 bits per heavy atom. The average Bonchev–Trinajstić information content (AvgIpc) is 3.10. The highest BCUT2D eigenvalue weighted by molar-refractivity contribution is 14.1. The molecule has 1 aliphatic rings. The number of halogens is 3. The summed E-state index contributed by atoms with van der Waals surface area (Å²) in [5.41, 5.74) is 2.71. The molecule has 0 radical (unpaired) electrons. The van der Waals surface area contributed by atoms with Crippen molar-refractivity contribution in [3.05, 3.63) is 102 Å². The van der Waals surface area contributed by atoms with E-state index in [9.17, 15) is 4.79 Å². The van der Waals surface area contributed by atoms with Gasteiger partial charge in [-0.3, -0.25) is 0 Å². The summed E-state index contributed by atoms with van der Waals surface area (Å²) in [6.07, 6.45) is 1.68. The van der Waals surface area contributed by atoms with Gasteiger partial charge < -0.3 is 9.47 Å². The van der Waals surface area contributed by atoms with Crippen molar-refractivity contribution in [3.8, 4) is 5.75 Å². The van der Waals surface area contributed by atoms with Crippen molar-refractivity contribution in [2.45, 2.75) is 6.61 Å². The van der Waals surface area contributed by atoms with Crippen LogP contribution in [0.3, 0.4) is 0 Å². The minimum Gasteiger partial charge on any atom is -0.489 e. The van der Waals surface area contributed by atoms with Gasteiger partial charge in [-0.25, -0.2) is 9.79 Å². The van der Waals surface area contributed by atoms with Gasteiger partial charge in [0.15, 0.2) is 5.70 Å². The normalized spacial score (nSPS) is 14.6. The highest BCUT2D eigenvalue weighted by Crippen LogP contribution is 2.26. The van der Waals surface area contributed by atoms with Gasteiger partial charge in [-0.1, -0.05) is 51.8 Å². The van der Waals surface area contributed by atoms with Crippen molar-refractivity contribution in [1.29, 1.82) is 0 Å². The molecule has 0 spiro atoms. The standard InChI is InChI=1S/C23H14BrClINO3/c24-16-5-1-15(2-6-16)13-29-18-8-3-14(4-9-18)11-21-23(28)30-22(27-21)19-12-17(26)7-10-20(19)25/h1-12H,13H2/b21-11-. The molecule has 0 unspecified atom stereocenters. The summed E-state index contributed by atoms with van der Waals surface area (Å²) in [6, 6.07) is 20.9. The molecule has 4 nitrogen and oxygen atoms in total. The maximum absolute atomic E-state index is 12.2. The van der Waals surface area contributed by atoms with E-state index in [2.05, 4.69) is 43.5 Å². The molecular formula is C23H14BrClINO3. The minimum absolute atomic E-state index is 0.212. The number of carbonyl (C=O) groups is 1. The lowest BCUT2D eigenvalue weighted by Crippen LogP contribution is -2.06. The van der Waals surface area contributed by atoms with Crippen LogP contribution in [-0.4, -0.2) is 11.9 Å². The fraction of sp³-hybridized carbons (Fsp3) is 0.0435. The third-order valence-electron chi connectivity index (χ3n) is 4.28. The van der Waals surface area contributed by atoms with Crippen LogP contribution in [0.4, 0.5) is 0 Å². The number of cyclic esters (lactones) is 1. The number of rotatable bonds is 5. The van der Waals surface area contributed by atoms with Gasteiger partial charge in [0, 0.05) is 8.04 Å². The molecule has 1 heterocycles. The molecule has 0 amide bonds. The number of benzene rings is 3. The zero-order chi connectivity index (χ0) is 21.1. The van der Waals surface area contributed by atoms with Crippen molar-refractivity contribution >= 4 is 68.1 Å². The second kappa shape index (κ2) is 9.32. The molecule has 0 atom stereocenters. The summed E-state index contributed by atoms with van der Waals surface area (Å²) in [4.78, 5) is 16.6. The monoisotopic (exact) mass is 593 g/mol. The van der Waals surface area contributed by atoms with E-state index < -0.39 is 5.97 Å². The Kier molecular flexibility index (Phi) is 6.55. The molecule has 3 aromatic rings. The molecule has 0 aliphatic carbocycles. The largest absolute Gasteiger partial charge is 0.489 e. The number of carbonyl (C=O) groups excluding carboxylic acids is 1. The molecule has 0 bridgehead atoms. The first-order valence-electron chi connectivity index (χ1n) is 8.93. The van der Waals surface area contributed by atoms with E-state index in [1.165, 1.54) is 0 Å². The number of nitrogens with zero attached hydrogens (tertiary/aromatic N) is 1. The van der Waals surface area contributed by atoms with Crippen LogP contribution in [0.2, 0.25) is 5.02 Å². The van der Waals surface area contributed by atoms with Crippen molar-refractivity contribution < 1.29 is 14.3 Å². The molecule has 0 N–H and O–H groups in total. The third-order valence-corrected chi connectivity index (χ3v) is 5.81. The smallest absolute Gasteiger partial charge is 0.363 e. The average molecular weight is 595 g/mol. The Balaban J connectivity index is 1.47. The number of hydrogen-bond donors (Lipinski definition) is 0. The van der Waals surface area contributed by atoms with Crippen LogP contribution in [0, 0.1) is 3.57 Å². The molecular weight excluding hydrogens is 581 g/mol. The third kappa shape index (κ3) is 5.11. The molecule has 30 heavy (non-hydrogen) atoms. The topological polar surface area (TPSA) is 47.9 Å². The molecule has 4 rings (SSSR count). The second-order valence-electron chi connectivity index (χ2n) is 6.44. The van der Waals surface area contributed by atoms with E-state index >= 15 is 0 Å². The van der Waals surface area contributed by atoms with Crippen LogP contribution in [0.15, 0.2) is 81.9 Å². The van der Waals surface area contributed by atoms with Crippen LogP contribution < -0.4 is 4.74 Å². The number of hydrogen-bond acceptors (Lipinski definition) is 4. The molecule has 150 valence electrons. The van der Waals surface area contributed by atoms with Crippen molar-refractivity contribution in [2.24, 2.45) is 4.99 Å². The molecule has 0 saturated carbocycles. The van der Waals surface area contributed by atoms with E-state index in [1.807, 2.05) is 60.7 Å². The SMILES string of the molecule is O=C1OC(c2cc(I)ccc2Cl)=N/C1=C\c1ccc(OCc2ccc(Br)cc2)cc1. The van der Waals surface area contributed by atoms with E-state index in [-0.39, 0.29) is 11.6 Å². The lowest BCUT2D eigenvalue weighted by atomic mass is 10.2. The van der Waals surface area contributed by atoms with Gasteiger partial charge >= 0.3 is 5.97 Å². The second-order valence-corrected chi connectivity index (χ2v) is 9.01. The Morgan fingerprint density at radius 3 is 2.53 bits per heavy atom. The summed E-state index contributed by atoms with van der Waals surface area (Å²) < 4.78 is 13.1. The lowest BCUT2D eigenvalue weighted by molar-refractivity contribution is -0.129. The minimum atomic E-state index is -0.504. The van der Waals surface area contributed by atoms with Crippen LogP contribution in [0.25, 0.3) is 6.08 Å². The van der Waals surface area contributed by atoms with Crippen molar-refractivity contribution in [3.63, 3.8) is 0 Å². The summed E-state index contributed by atoms with van der Waals surface area (Å²) in [6.45, 7) is 0.477. The van der Waals surface area contributed by atoms with Gasteiger partial charge in [0.1, 0.15) is 12.4 Å². The maximum atomic E-state index is 12.2. The van der Waals surface area contributed by atoms with Gasteiger partial charge in [-0.05, 0) is 82.3 Å². The van der Waals surface area contributed by atoms with E-state index in [1.54, 1.807) is 12.1 Å². The number of ether oxygens (including phenoxy) is 2. The van der Waals surface area contributed by atoms with Gasteiger partial charge in [0.2, 0.25) is 5.90 Å². The maximum Gasteiger partial charge on any atom is 0.363 e. The first-order chi connectivity index (χ1) is 14.5. The summed E-state index contributed by atoms with van der Waals surface area (Å²) in [5, 5.41) is 0.482. The number of esters is 1. The Bertz CT molecular complexity index is 1160. The molecule has 0 aromatic heterocycles.